The topological polar surface area (TPSA) is 127 Å². The van der Waals surface area contributed by atoms with E-state index < -0.39 is 12.4 Å². The van der Waals surface area contributed by atoms with Crippen molar-refractivity contribution < 1.29 is 78.6 Å². The van der Waals surface area contributed by atoms with E-state index in [4.69, 9.17) is 30.4 Å². The summed E-state index contributed by atoms with van der Waals surface area (Å²) in [6.07, 6.45) is 0. The molecule has 0 fully saturated rings. The first kappa shape index (κ1) is 29.7. The van der Waals surface area contributed by atoms with E-state index in [-0.39, 0.29) is 58.5 Å². The molecule has 0 bridgehead atoms. The van der Waals surface area contributed by atoms with E-state index in [1.807, 2.05) is 0 Å². The van der Waals surface area contributed by atoms with Crippen molar-refractivity contribution in [3.05, 3.63) is 15.3 Å². The summed E-state index contributed by atoms with van der Waals surface area (Å²) in [6.45, 7) is 0. The Balaban J connectivity index is -0.0000000171. The Bertz CT molecular complexity index is 66.8. The minimum Gasteiger partial charge on any atom is -1.00 e. The summed E-state index contributed by atoms with van der Waals surface area (Å²) in [5.41, 5.74) is 0. The van der Waals surface area contributed by atoms with Crippen LogP contribution in [0.2, 0.25) is 0 Å². The molecule has 0 aliphatic heterocycles. The molecule has 0 aromatic carbocycles. The first-order valence-electron chi connectivity index (χ1n) is 1.32. The van der Waals surface area contributed by atoms with Gasteiger partial charge in [0.15, 0.2) is 0 Å². The normalized spacial score (nSPS) is 4.64. The molecule has 11 heavy (non-hydrogen) atoms. The Morgan fingerprint density at radius 3 is 1.18 bits per heavy atom. The molecule has 0 rings (SSSR count). The summed E-state index contributed by atoms with van der Waals surface area (Å²) in [6, 6.07) is 0. The molecular formula is H3BClNNaNiO6+. The Kier molecular flexibility index (Phi) is 60.5. The van der Waals surface area contributed by atoms with Crippen molar-refractivity contribution in [3.8, 4) is 0 Å². The van der Waals surface area contributed by atoms with Crippen molar-refractivity contribution in [1.82, 2.24) is 0 Å². The summed E-state index contributed by atoms with van der Waals surface area (Å²) in [5.74, 6) is 0. The van der Waals surface area contributed by atoms with Crippen LogP contribution in [0.4, 0.5) is 0 Å². The predicted octanol–water partition coefficient (Wildman–Crippen LogP) is -8.29. The molecule has 64 valence electrons. The van der Waals surface area contributed by atoms with E-state index in [9.17, 15) is 0 Å². The maximum Gasteiger partial charge on any atom is 2.00 e. The number of nitrogens with zero attached hydrogens (tertiary/aromatic N) is 1. The zero-order valence-electron chi connectivity index (χ0n) is 5.29. The molecule has 0 unspecified atom stereocenters. The quantitative estimate of drug-likeness (QED) is 0.219. The molecule has 0 heterocycles. The minimum absolute atomic E-state index is 0. The van der Waals surface area contributed by atoms with E-state index in [2.05, 4.69) is 0 Å². The SMILES string of the molecule is O=[N+]([O-])[O-].OB(O)O.[Cl-].[Na+].[Ni+2]. The summed E-state index contributed by atoms with van der Waals surface area (Å²) in [4.78, 5) is 8.25. The molecule has 11 heteroatoms. The van der Waals surface area contributed by atoms with Gasteiger partial charge in [-0.2, -0.15) is 0 Å². The van der Waals surface area contributed by atoms with Gasteiger partial charge in [-0.1, -0.05) is 0 Å². The van der Waals surface area contributed by atoms with Crippen LogP contribution < -0.4 is 42.0 Å². The van der Waals surface area contributed by atoms with Crippen molar-refractivity contribution in [2.45, 2.75) is 0 Å². The van der Waals surface area contributed by atoms with Crippen molar-refractivity contribution in [3.63, 3.8) is 0 Å². The summed E-state index contributed by atoms with van der Waals surface area (Å²) in [5, 5.41) is 36.2. The van der Waals surface area contributed by atoms with Crippen LogP contribution in [0.5, 0.6) is 0 Å². The van der Waals surface area contributed by atoms with Crippen LogP contribution in [0.25, 0.3) is 0 Å². The average molecular weight is 241 g/mol. The first-order valence-corrected chi connectivity index (χ1v) is 1.32. The van der Waals surface area contributed by atoms with Gasteiger partial charge < -0.3 is 42.8 Å². The molecule has 0 saturated carbocycles. The fourth-order valence-electron chi connectivity index (χ4n) is 0. The summed E-state index contributed by atoms with van der Waals surface area (Å²) < 4.78 is 0. The van der Waals surface area contributed by atoms with E-state index in [1.54, 1.807) is 0 Å². The second kappa shape index (κ2) is 22.4. The zero-order valence-corrected chi connectivity index (χ0v) is 9.03. The van der Waals surface area contributed by atoms with E-state index in [0.717, 1.165) is 0 Å². The van der Waals surface area contributed by atoms with Gasteiger partial charge in [0.05, 0.1) is 5.09 Å². The third-order valence-corrected chi connectivity index (χ3v) is 0. The van der Waals surface area contributed by atoms with Crippen molar-refractivity contribution >= 4 is 7.32 Å². The number of hydrogen-bond acceptors (Lipinski definition) is 6. The molecule has 0 amide bonds. The van der Waals surface area contributed by atoms with E-state index in [0.29, 0.717) is 0 Å². The molecule has 0 saturated heterocycles. The maximum atomic E-state index is 8.25. The van der Waals surface area contributed by atoms with Crippen molar-refractivity contribution in [1.29, 1.82) is 0 Å². The van der Waals surface area contributed by atoms with Gasteiger partial charge >= 0.3 is 53.4 Å². The first-order chi connectivity index (χ1) is 3.46. The Morgan fingerprint density at radius 2 is 1.18 bits per heavy atom. The van der Waals surface area contributed by atoms with Crippen LogP contribution in [-0.2, 0) is 16.5 Å². The fraction of sp³-hybridized carbons (Fsp3) is 0. The molecule has 0 aromatic rings. The number of hydrogen-bond donors (Lipinski definition) is 3. The van der Waals surface area contributed by atoms with Gasteiger partial charge in [0.25, 0.3) is 0 Å². The van der Waals surface area contributed by atoms with Crippen LogP contribution in [0.15, 0.2) is 0 Å². The van der Waals surface area contributed by atoms with Crippen molar-refractivity contribution in [2.24, 2.45) is 0 Å². The van der Waals surface area contributed by atoms with Gasteiger partial charge in [-0.05, 0) is 0 Å². The van der Waals surface area contributed by atoms with E-state index in [1.165, 1.54) is 0 Å². The second-order valence-corrected chi connectivity index (χ2v) is 0.570. The number of halogens is 1. The second-order valence-electron chi connectivity index (χ2n) is 0.570. The van der Waals surface area contributed by atoms with Crippen LogP contribution in [0.3, 0.4) is 0 Å². The standard InChI is InChI=1S/BH3O3.ClH.NO3.Na.Ni/c2-1(3)4;;2-1(3)4;;/h2-4H;1H;;;/q;;-1;+1;+2/p-1. The zero-order chi connectivity index (χ0) is 7.15. The van der Waals surface area contributed by atoms with Crippen LogP contribution in [-0.4, -0.2) is 27.5 Å². The van der Waals surface area contributed by atoms with Gasteiger partial charge in [0.1, 0.15) is 0 Å². The average Bonchev–Trinajstić information content (AvgIpc) is 1.25. The van der Waals surface area contributed by atoms with Crippen molar-refractivity contribution in [2.75, 3.05) is 0 Å². The van der Waals surface area contributed by atoms with Gasteiger partial charge in [0.2, 0.25) is 0 Å². The molecule has 7 nitrogen and oxygen atoms in total. The molecule has 3 N–H and O–H groups in total. The fourth-order valence-corrected chi connectivity index (χ4v) is 0. The summed E-state index contributed by atoms with van der Waals surface area (Å²) in [7, 11) is -2.17. The molecule has 0 aliphatic rings. The van der Waals surface area contributed by atoms with Gasteiger partial charge in [-0.15, -0.1) is 0 Å². The maximum absolute atomic E-state index is 8.25. The monoisotopic (exact) mass is 240 g/mol. The third kappa shape index (κ3) is 1010. The molecule has 0 atom stereocenters. The molecule has 0 aliphatic carbocycles. The van der Waals surface area contributed by atoms with Gasteiger partial charge in [-0.25, -0.2) is 0 Å². The Labute approximate surface area is 101 Å². The molecule has 0 aromatic heterocycles. The largest absolute Gasteiger partial charge is 2.00 e. The Morgan fingerprint density at radius 1 is 1.18 bits per heavy atom. The van der Waals surface area contributed by atoms with E-state index >= 15 is 0 Å². The molecule has 0 spiro atoms. The number of rotatable bonds is 0. The molecular weight excluding hydrogens is 238 g/mol. The van der Waals surface area contributed by atoms with Crippen LogP contribution >= 0.6 is 0 Å². The summed E-state index contributed by atoms with van der Waals surface area (Å²) >= 11 is 0. The third-order valence-electron chi connectivity index (χ3n) is 0. The smallest absolute Gasteiger partial charge is 1.00 e. The molecule has 0 radical (unpaired) electrons. The minimum atomic E-state index is -2.17. The Hall–Kier alpha value is 0.928. The predicted molar refractivity (Wildman–Crippen MR) is 22.8 cm³/mol. The van der Waals surface area contributed by atoms with Crippen LogP contribution in [0, 0.1) is 15.3 Å². The van der Waals surface area contributed by atoms with Gasteiger partial charge in [-0.3, -0.25) is 0 Å². The van der Waals surface area contributed by atoms with Crippen LogP contribution in [0.1, 0.15) is 0 Å². The van der Waals surface area contributed by atoms with Gasteiger partial charge in [0, 0.05) is 0 Å².